The van der Waals surface area contributed by atoms with Crippen molar-refractivity contribution in [2.45, 2.75) is 83.4 Å². The first-order valence-corrected chi connectivity index (χ1v) is 18.7. The van der Waals surface area contributed by atoms with Gasteiger partial charge in [0.2, 0.25) is 10.0 Å². The number of nitrogens with one attached hydrogen (secondary N) is 2. The Bertz CT molecular complexity index is 1690. The minimum Gasteiger partial charge on any atom is -0.491 e. The number of sulfonamides is 1. The smallest absolute Gasteiger partial charge is 0.407 e. The van der Waals surface area contributed by atoms with Crippen LogP contribution in [0.2, 0.25) is 0 Å². The van der Waals surface area contributed by atoms with Gasteiger partial charge in [-0.3, -0.25) is 9.69 Å². The summed E-state index contributed by atoms with van der Waals surface area (Å²) in [4.78, 5) is 27.7. The Morgan fingerprint density at radius 1 is 1.11 bits per heavy atom. The number of benzene rings is 2. The summed E-state index contributed by atoms with van der Waals surface area (Å²) in [6.45, 7) is 7.43. The summed E-state index contributed by atoms with van der Waals surface area (Å²) in [6.07, 6.45) is 5.49. The molecule has 0 radical (unpaired) electrons. The molecule has 10 nitrogen and oxygen atoms in total. The van der Waals surface area contributed by atoms with Crippen molar-refractivity contribution in [1.82, 2.24) is 19.5 Å². The van der Waals surface area contributed by atoms with Gasteiger partial charge in [0.25, 0.3) is 5.91 Å². The van der Waals surface area contributed by atoms with Crippen molar-refractivity contribution in [3.8, 4) is 17.0 Å². The van der Waals surface area contributed by atoms with E-state index in [2.05, 4.69) is 25.6 Å². The number of carbonyl (C=O) groups excluding carboxylic acids is 2. The molecular weight excluding hydrogens is 640 g/mol. The second kappa shape index (κ2) is 14.9. The van der Waals surface area contributed by atoms with Crippen molar-refractivity contribution in [2.24, 2.45) is 0 Å². The van der Waals surface area contributed by atoms with Crippen LogP contribution in [0.25, 0.3) is 22.2 Å². The number of alkyl carbamates (subject to hydrolysis) is 1. The summed E-state index contributed by atoms with van der Waals surface area (Å²) in [5, 5.41) is 3.92. The van der Waals surface area contributed by atoms with Crippen LogP contribution in [0.4, 0.5) is 4.79 Å². The van der Waals surface area contributed by atoms with Gasteiger partial charge in [-0.15, -0.1) is 11.6 Å². The second-order valence-corrected chi connectivity index (χ2v) is 15.8. The van der Waals surface area contributed by atoms with Crippen LogP contribution < -0.4 is 14.8 Å². The quantitative estimate of drug-likeness (QED) is 0.242. The summed E-state index contributed by atoms with van der Waals surface area (Å²) < 4.78 is 41.5. The molecule has 1 saturated carbocycles. The fourth-order valence-electron chi connectivity index (χ4n) is 6.63. The predicted octanol–water partition coefficient (Wildman–Crippen LogP) is 6.26. The molecule has 2 aliphatic rings. The number of hydrogen-bond acceptors (Lipinski definition) is 7. The highest BCUT2D eigenvalue weighted by molar-refractivity contribution is 7.90. The number of likely N-dealkylation sites (N-methyl/N-ethyl adjacent to an activating group) is 1. The Balaban J connectivity index is 1.55. The van der Waals surface area contributed by atoms with Crippen LogP contribution >= 0.6 is 11.6 Å². The van der Waals surface area contributed by atoms with Crippen LogP contribution in [0, 0.1) is 0 Å². The van der Waals surface area contributed by atoms with Crippen molar-refractivity contribution in [2.75, 3.05) is 38.4 Å². The first-order valence-electron chi connectivity index (χ1n) is 16.5. The van der Waals surface area contributed by atoms with E-state index < -0.39 is 27.6 Å². The SMILES string of the molecule is CN(CCNC(=O)OC(C)(C)C)[C@H]1COc2ccccc2-c2c(C3CCCCC3)c3ccc(C(=O)NS(=O)(=O)CCCCl)cc3n2C1. The van der Waals surface area contributed by atoms with Gasteiger partial charge in [-0.1, -0.05) is 37.5 Å². The van der Waals surface area contributed by atoms with E-state index in [1.165, 1.54) is 12.0 Å². The van der Waals surface area contributed by atoms with Gasteiger partial charge in [0.1, 0.15) is 18.0 Å². The summed E-state index contributed by atoms with van der Waals surface area (Å²) in [6, 6.07) is 13.5. The molecule has 2 N–H and O–H groups in total. The van der Waals surface area contributed by atoms with Gasteiger partial charge >= 0.3 is 6.09 Å². The number of amides is 2. The Kier molecular flexibility index (Phi) is 11.1. The minimum atomic E-state index is -3.82. The normalized spacial score (nSPS) is 17.3. The highest BCUT2D eigenvalue weighted by Gasteiger charge is 2.32. The first-order chi connectivity index (χ1) is 22.4. The Hall–Kier alpha value is -3.28. The molecule has 1 fully saturated rings. The van der Waals surface area contributed by atoms with Crippen LogP contribution in [-0.4, -0.2) is 79.9 Å². The number of carbonyl (C=O) groups is 2. The Morgan fingerprint density at radius 2 is 1.85 bits per heavy atom. The molecule has 0 bridgehead atoms. The lowest BCUT2D eigenvalue weighted by Gasteiger charge is -2.32. The number of alkyl halides is 1. The van der Waals surface area contributed by atoms with Gasteiger partial charge in [-0.05, 0) is 82.8 Å². The van der Waals surface area contributed by atoms with Gasteiger partial charge in [0.15, 0.2) is 0 Å². The van der Waals surface area contributed by atoms with Crippen molar-refractivity contribution in [3.63, 3.8) is 0 Å². The lowest BCUT2D eigenvalue weighted by Crippen LogP contribution is -2.44. The summed E-state index contributed by atoms with van der Waals surface area (Å²) in [7, 11) is -1.81. The maximum atomic E-state index is 13.3. The van der Waals surface area contributed by atoms with E-state index in [0.717, 1.165) is 53.6 Å². The third-order valence-electron chi connectivity index (χ3n) is 8.90. The fourth-order valence-corrected chi connectivity index (χ4v) is 7.95. The topological polar surface area (TPSA) is 119 Å². The van der Waals surface area contributed by atoms with Gasteiger partial charge in [0, 0.05) is 47.5 Å². The van der Waals surface area contributed by atoms with Crippen LogP contribution in [-0.2, 0) is 21.3 Å². The van der Waals surface area contributed by atoms with Crippen molar-refractivity contribution in [1.29, 1.82) is 0 Å². The van der Waals surface area contributed by atoms with E-state index in [0.29, 0.717) is 32.2 Å². The molecule has 12 heteroatoms. The van der Waals surface area contributed by atoms with Crippen LogP contribution in [0.3, 0.4) is 0 Å². The number of ether oxygens (including phenoxy) is 2. The molecule has 0 spiro atoms. The molecule has 1 atom stereocenters. The molecule has 47 heavy (non-hydrogen) atoms. The number of fused-ring (bicyclic) bond motifs is 5. The van der Waals surface area contributed by atoms with Crippen LogP contribution in [0.1, 0.15) is 81.1 Å². The zero-order valence-electron chi connectivity index (χ0n) is 27.8. The van der Waals surface area contributed by atoms with Gasteiger partial charge < -0.3 is 19.4 Å². The third-order valence-corrected chi connectivity index (χ3v) is 10.5. The van der Waals surface area contributed by atoms with Crippen LogP contribution in [0.5, 0.6) is 5.75 Å². The van der Waals surface area contributed by atoms with Crippen molar-refractivity contribution < 1.29 is 27.5 Å². The highest BCUT2D eigenvalue weighted by atomic mass is 35.5. The first kappa shape index (κ1) is 35.0. The highest BCUT2D eigenvalue weighted by Crippen LogP contribution is 2.47. The molecule has 1 aliphatic heterocycles. The van der Waals surface area contributed by atoms with Gasteiger partial charge in [-0.2, -0.15) is 0 Å². The summed E-state index contributed by atoms with van der Waals surface area (Å²) >= 11 is 5.70. The van der Waals surface area contributed by atoms with E-state index in [4.69, 9.17) is 21.1 Å². The standard InChI is InChI=1S/C35H47ClN4O6S/c1-35(2,3)46-34(42)37-18-19-39(4)26-22-40-29-21-25(33(41)38-47(43,44)20-10-17-36)15-16-27(29)31(24-11-6-5-7-12-24)32(40)28-13-8-9-14-30(28)45-23-26/h8-9,13-16,21,24,26H,5-7,10-12,17-20,22-23H2,1-4H3,(H,37,42)(H,38,41)/t26-/m1/s1. The number of rotatable bonds is 10. The molecule has 3 aromatic rings. The average Bonchev–Trinajstić information content (AvgIpc) is 3.32. The van der Waals surface area contributed by atoms with Gasteiger partial charge in [-0.25, -0.2) is 17.9 Å². The molecule has 256 valence electrons. The molecule has 0 saturated heterocycles. The molecule has 2 aromatic carbocycles. The van der Waals surface area contributed by atoms with E-state index in [-0.39, 0.29) is 29.7 Å². The minimum absolute atomic E-state index is 0.0780. The summed E-state index contributed by atoms with van der Waals surface area (Å²) in [5.41, 5.74) is 3.93. The lowest BCUT2D eigenvalue weighted by atomic mass is 9.81. The zero-order chi connectivity index (χ0) is 33.8. The molecule has 2 amide bonds. The Labute approximate surface area is 283 Å². The fraction of sp³-hybridized carbons (Fsp3) is 0.543. The van der Waals surface area contributed by atoms with Gasteiger partial charge in [0.05, 0.1) is 17.5 Å². The van der Waals surface area contributed by atoms with Crippen molar-refractivity contribution >= 4 is 44.5 Å². The molecule has 5 rings (SSSR count). The number of para-hydroxylation sites is 1. The van der Waals surface area contributed by atoms with Crippen molar-refractivity contribution in [3.05, 3.63) is 53.6 Å². The molecule has 0 unspecified atom stereocenters. The number of aromatic nitrogens is 1. The van der Waals surface area contributed by atoms with Crippen LogP contribution in [0.15, 0.2) is 42.5 Å². The molecule has 2 heterocycles. The maximum absolute atomic E-state index is 13.3. The predicted molar refractivity (Wildman–Crippen MR) is 186 cm³/mol. The summed E-state index contributed by atoms with van der Waals surface area (Å²) in [5.74, 6) is 0.457. The zero-order valence-corrected chi connectivity index (χ0v) is 29.4. The largest absolute Gasteiger partial charge is 0.491 e. The lowest BCUT2D eigenvalue weighted by molar-refractivity contribution is 0.0517. The van der Waals surface area contributed by atoms with E-state index in [9.17, 15) is 18.0 Å². The number of hydrogen-bond donors (Lipinski definition) is 2. The molecular formula is C35H47ClN4O6S. The van der Waals surface area contributed by atoms with E-state index in [1.54, 1.807) is 6.07 Å². The average molecular weight is 687 g/mol. The molecule has 1 aliphatic carbocycles. The molecule has 1 aromatic heterocycles. The van der Waals surface area contributed by atoms with E-state index in [1.807, 2.05) is 58.2 Å². The Morgan fingerprint density at radius 3 is 2.57 bits per heavy atom. The maximum Gasteiger partial charge on any atom is 0.407 e. The van der Waals surface area contributed by atoms with E-state index >= 15 is 0 Å². The third kappa shape index (κ3) is 8.61. The number of nitrogens with zero attached hydrogens (tertiary/aromatic N) is 2. The second-order valence-electron chi connectivity index (χ2n) is 13.6. The number of halogens is 1. The monoisotopic (exact) mass is 686 g/mol.